The van der Waals surface area contributed by atoms with Gasteiger partial charge in [0.15, 0.2) is 23.0 Å². The van der Waals surface area contributed by atoms with Crippen molar-refractivity contribution in [2.24, 2.45) is 0 Å². The van der Waals surface area contributed by atoms with Gasteiger partial charge >= 0.3 is 0 Å². The molecule has 0 spiro atoms. The first-order chi connectivity index (χ1) is 11.6. The van der Waals surface area contributed by atoms with Crippen LogP contribution in [-0.2, 0) is 12.8 Å². The minimum atomic E-state index is -0.0570. The first-order valence-corrected chi connectivity index (χ1v) is 7.87. The van der Waals surface area contributed by atoms with Gasteiger partial charge in [0.1, 0.15) is 6.10 Å². The van der Waals surface area contributed by atoms with Crippen LogP contribution in [0.1, 0.15) is 18.1 Å². The molecule has 1 atom stereocenters. The van der Waals surface area contributed by atoms with Crippen LogP contribution in [0.3, 0.4) is 0 Å². The molecule has 1 N–H and O–H groups in total. The summed E-state index contributed by atoms with van der Waals surface area (Å²) in [4.78, 5) is 0. The highest BCUT2D eigenvalue weighted by Gasteiger charge is 2.12. The van der Waals surface area contributed by atoms with Crippen LogP contribution >= 0.6 is 0 Å². The van der Waals surface area contributed by atoms with Crippen LogP contribution in [0.15, 0.2) is 49.1 Å². The van der Waals surface area contributed by atoms with Gasteiger partial charge in [0, 0.05) is 6.42 Å². The Balaban J connectivity index is 2.09. The number of phenols is 1. The molecule has 0 radical (unpaired) electrons. The Morgan fingerprint density at radius 3 is 2.33 bits per heavy atom. The molecular weight excluding hydrogens is 304 g/mol. The lowest BCUT2D eigenvalue weighted by Gasteiger charge is -2.18. The topological polar surface area (TPSA) is 47.9 Å². The fraction of sp³-hybridized carbons (Fsp3) is 0.300. The molecule has 1 unspecified atom stereocenters. The van der Waals surface area contributed by atoms with Crippen LogP contribution in [0.4, 0.5) is 0 Å². The maximum Gasteiger partial charge on any atom is 0.161 e. The van der Waals surface area contributed by atoms with Gasteiger partial charge in [0.05, 0.1) is 14.2 Å². The second-order valence-electron chi connectivity index (χ2n) is 5.62. The Kier molecular flexibility index (Phi) is 6.13. The fourth-order valence-corrected chi connectivity index (χ4v) is 2.54. The van der Waals surface area contributed by atoms with Crippen molar-refractivity contribution in [3.05, 3.63) is 60.2 Å². The van der Waals surface area contributed by atoms with Gasteiger partial charge in [-0.3, -0.25) is 0 Å². The summed E-state index contributed by atoms with van der Waals surface area (Å²) in [5.74, 6) is 2.02. The Morgan fingerprint density at radius 2 is 1.67 bits per heavy atom. The number of phenolic OH excluding ortho intramolecular Hbond substituents is 1. The maximum absolute atomic E-state index is 9.66. The monoisotopic (exact) mass is 328 g/mol. The number of benzene rings is 2. The second kappa shape index (κ2) is 8.29. The van der Waals surface area contributed by atoms with Gasteiger partial charge in [-0.2, -0.15) is 0 Å². The lowest BCUT2D eigenvalue weighted by atomic mass is 10.1. The molecule has 4 heteroatoms. The molecule has 0 heterocycles. The fourth-order valence-electron chi connectivity index (χ4n) is 2.54. The van der Waals surface area contributed by atoms with E-state index >= 15 is 0 Å². The number of ether oxygens (including phenoxy) is 3. The van der Waals surface area contributed by atoms with Crippen LogP contribution in [-0.4, -0.2) is 25.4 Å². The van der Waals surface area contributed by atoms with E-state index in [2.05, 4.69) is 6.58 Å². The highest BCUT2D eigenvalue weighted by atomic mass is 16.5. The van der Waals surface area contributed by atoms with Crippen molar-refractivity contribution >= 4 is 0 Å². The average Bonchev–Trinajstić information content (AvgIpc) is 2.58. The molecule has 0 aliphatic heterocycles. The van der Waals surface area contributed by atoms with Gasteiger partial charge in [-0.15, -0.1) is 6.58 Å². The van der Waals surface area contributed by atoms with Crippen LogP contribution in [0, 0.1) is 0 Å². The summed E-state index contributed by atoms with van der Waals surface area (Å²) in [6.45, 7) is 5.75. The Labute approximate surface area is 143 Å². The van der Waals surface area contributed by atoms with Gasteiger partial charge in [-0.1, -0.05) is 18.2 Å². The summed E-state index contributed by atoms with van der Waals surface area (Å²) >= 11 is 0. The van der Waals surface area contributed by atoms with E-state index in [0.29, 0.717) is 23.7 Å². The zero-order chi connectivity index (χ0) is 17.5. The SMILES string of the molecule is C=CCc1ccc(OC(C)Cc2ccc(O)c(OC)c2)c(OC)c1. The molecule has 0 saturated heterocycles. The molecular formula is C20H24O4. The predicted octanol–water partition coefficient (Wildman–Crippen LogP) is 4.15. The number of methoxy groups -OCH3 is 2. The van der Waals surface area contributed by atoms with Crippen LogP contribution < -0.4 is 14.2 Å². The van der Waals surface area contributed by atoms with Crippen molar-refractivity contribution in [3.63, 3.8) is 0 Å². The Morgan fingerprint density at radius 1 is 1.00 bits per heavy atom. The Hall–Kier alpha value is -2.62. The molecule has 0 bridgehead atoms. The van der Waals surface area contributed by atoms with E-state index in [0.717, 1.165) is 17.5 Å². The average molecular weight is 328 g/mol. The van der Waals surface area contributed by atoms with Gasteiger partial charge in [-0.25, -0.2) is 0 Å². The normalized spacial score (nSPS) is 11.6. The minimum Gasteiger partial charge on any atom is -0.504 e. The van der Waals surface area contributed by atoms with E-state index in [1.807, 2.05) is 43.3 Å². The molecule has 0 amide bonds. The summed E-state index contributed by atoms with van der Waals surface area (Å²) in [5.41, 5.74) is 2.16. The standard InChI is InChI=1S/C20H24O4/c1-5-6-15-8-10-18(20(12-15)23-4)24-14(2)11-16-7-9-17(21)19(13-16)22-3/h5,7-10,12-14,21H,1,6,11H2,2-4H3. The van der Waals surface area contributed by atoms with Crippen LogP contribution in [0.2, 0.25) is 0 Å². The van der Waals surface area contributed by atoms with Crippen molar-refractivity contribution in [2.75, 3.05) is 14.2 Å². The van der Waals surface area contributed by atoms with Gasteiger partial charge in [0.2, 0.25) is 0 Å². The molecule has 4 nitrogen and oxygen atoms in total. The third kappa shape index (κ3) is 4.44. The smallest absolute Gasteiger partial charge is 0.161 e. The molecule has 2 rings (SSSR count). The third-order valence-corrected chi connectivity index (χ3v) is 3.70. The quantitative estimate of drug-likeness (QED) is 0.740. The summed E-state index contributed by atoms with van der Waals surface area (Å²) < 4.78 is 16.6. The van der Waals surface area contributed by atoms with Crippen LogP contribution in [0.5, 0.6) is 23.0 Å². The summed E-state index contributed by atoms with van der Waals surface area (Å²) in [6, 6.07) is 11.2. The summed E-state index contributed by atoms with van der Waals surface area (Å²) in [7, 11) is 3.17. The van der Waals surface area contributed by atoms with E-state index < -0.39 is 0 Å². The number of rotatable bonds is 8. The zero-order valence-corrected chi connectivity index (χ0v) is 14.4. The van der Waals surface area contributed by atoms with Crippen molar-refractivity contribution in [3.8, 4) is 23.0 Å². The lowest BCUT2D eigenvalue weighted by molar-refractivity contribution is 0.211. The first-order valence-electron chi connectivity index (χ1n) is 7.87. The van der Waals surface area contributed by atoms with Gasteiger partial charge in [0.25, 0.3) is 0 Å². The van der Waals surface area contributed by atoms with Gasteiger partial charge < -0.3 is 19.3 Å². The zero-order valence-electron chi connectivity index (χ0n) is 14.4. The summed E-state index contributed by atoms with van der Waals surface area (Å²) in [5, 5.41) is 9.66. The van der Waals surface area contributed by atoms with Crippen molar-refractivity contribution in [2.45, 2.75) is 25.9 Å². The molecule has 0 saturated carbocycles. The Bertz CT molecular complexity index is 694. The molecule has 2 aromatic carbocycles. The highest BCUT2D eigenvalue weighted by Crippen LogP contribution is 2.31. The largest absolute Gasteiger partial charge is 0.504 e. The first kappa shape index (κ1) is 17.7. The van der Waals surface area contributed by atoms with Crippen LogP contribution in [0.25, 0.3) is 0 Å². The second-order valence-corrected chi connectivity index (χ2v) is 5.62. The molecule has 0 aliphatic rings. The highest BCUT2D eigenvalue weighted by molar-refractivity contribution is 5.44. The van der Waals surface area contributed by atoms with Crippen molar-refractivity contribution in [1.29, 1.82) is 0 Å². The number of hydrogen-bond donors (Lipinski definition) is 1. The van der Waals surface area contributed by atoms with E-state index in [1.165, 1.54) is 7.11 Å². The van der Waals surface area contributed by atoms with E-state index in [1.54, 1.807) is 13.2 Å². The van der Waals surface area contributed by atoms with Gasteiger partial charge in [-0.05, 0) is 48.7 Å². The van der Waals surface area contributed by atoms with Crippen molar-refractivity contribution < 1.29 is 19.3 Å². The van der Waals surface area contributed by atoms with E-state index in [9.17, 15) is 5.11 Å². The molecule has 0 fully saturated rings. The number of aromatic hydroxyl groups is 1. The predicted molar refractivity (Wildman–Crippen MR) is 95.3 cm³/mol. The van der Waals surface area contributed by atoms with E-state index in [-0.39, 0.29) is 11.9 Å². The summed E-state index contributed by atoms with van der Waals surface area (Å²) in [6.07, 6.45) is 3.28. The van der Waals surface area contributed by atoms with E-state index in [4.69, 9.17) is 14.2 Å². The lowest BCUT2D eigenvalue weighted by Crippen LogP contribution is -2.15. The molecule has 0 aliphatic carbocycles. The van der Waals surface area contributed by atoms with Crippen molar-refractivity contribution in [1.82, 2.24) is 0 Å². The minimum absolute atomic E-state index is 0.0570. The third-order valence-electron chi connectivity index (χ3n) is 3.70. The number of allylic oxidation sites excluding steroid dienone is 1. The maximum atomic E-state index is 9.66. The molecule has 0 aromatic heterocycles. The molecule has 24 heavy (non-hydrogen) atoms. The molecule has 128 valence electrons. The number of hydrogen-bond acceptors (Lipinski definition) is 4. The molecule has 2 aromatic rings.